The van der Waals surface area contributed by atoms with Crippen LogP contribution in [0.4, 0.5) is 5.69 Å². The molecule has 0 aliphatic carbocycles. The van der Waals surface area contributed by atoms with Crippen molar-refractivity contribution in [1.82, 2.24) is 0 Å². The van der Waals surface area contributed by atoms with Crippen molar-refractivity contribution in [3.63, 3.8) is 0 Å². The van der Waals surface area contributed by atoms with E-state index in [-0.39, 0.29) is 12.5 Å². The van der Waals surface area contributed by atoms with E-state index in [1.165, 1.54) is 5.56 Å². The number of carbonyl (C=O) groups excluding carboxylic acids is 1. The number of morpholine rings is 1. The lowest BCUT2D eigenvalue weighted by Crippen LogP contribution is -2.41. The Morgan fingerprint density at radius 1 is 1.00 bits per heavy atom. The van der Waals surface area contributed by atoms with E-state index in [1.54, 1.807) is 4.90 Å². The molecule has 0 bridgehead atoms. The average molecular weight is 261 g/mol. The van der Waals surface area contributed by atoms with E-state index >= 15 is 0 Å². The Kier molecular flexibility index (Phi) is 3.80. The molecular weight excluding hydrogens is 242 g/mol. The van der Waals surface area contributed by atoms with Crippen molar-refractivity contribution in [3.05, 3.63) is 29.8 Å². The number of hydrogen-bond acceptors (Lipinski definition) is 3. The van der Waals surface area contributed by atoms with Gasteiger partial charge in [0.1, 0.15) is 6.61 Å². The van der Waals surface area contributed by atoms with E-state index in [2.05, 4.69) is 12.1 Å². The molecule has 1 aromatic rings. The maximum absolute atomic E-state index is 11.8. The van der Waals surface area contributed by atoms with Crippen LogP contribution in [-0.2, 0) is 14.3 Å². The van der Waals surface area contributed by atoms with Crippen LogP contribution in [-0.4, -0.2) is 38.9 Å². The second kappa shape index (κ2) is 5.72. The molecule has 4 nitrogen and oxygen atoms in total. The third kappa shape index (κ3) is 2.80. The van der Waals surface area contributed by atoms with Gasteiger partial charge in [0.15, 0.2) is 0 Å². The summed E-state index contributed by atoms with van der Waals surface area (Å²) in [5, 5.41) is 0. The molecule has 0 atom stereocenters. The number of carbonyl (C=O) groups is 1. The molecule has 0 N–H and O–H groups in total. The maximum atomic E-state index is 11.8. The molecule has 2 fully saturated rings. The van der Waals surface area contributed by atoms with Gasteiger partial charge in [-0.2, -0.15) is 0 Å². The van der Waals surface area contributed by atoms with Gasteiger partial charge in [0.2, 0.25) is 0 Å². The molecular formula is C15H19NO3. The number of rotatable bonds is 2. The Bertz CT molecular complexity index is 437. The molecule has 1 amide bonds. The molecule has 2 aliphatic rings. The van der Waals surface area contributed by atoms with Gasteiger partial charge in [-0.25, -0.2) is 0 Å². The standard InChI is InChI=1S/C15H19NO3/c17-15-11-19-10-7-16(15)14-3-1-12(2-4-14)13-5-8-18-9-6-13/h1-4,13H,5-11H2. The normalized spacial score (nSPS) is 21.7. The second-order valence-electron chi connectivity index (χ2n) is 5.08. The minimum absolute atomic E-state index is 0.0464. The Hall–Kier alpha value is -1.39. The van der Waals surface area contributed by atoms with Gasteiger partial charge in [-0.05, 0) is 36.5 Å². The lowest BCUT2D eigenvalue weighted by Gasteiger charge is -2.28. The van der Waals surface area contributed by atoms with E-state index < -0.39 is 0 Å². The quantitative estimate of drug-likeness (QED) is 0.816. The van der Waals surface area contributed by atoms with E-state index in [1.807, 2.05) is 12.1 Å². The smallest absolute Gasteiger partial charge is 0.253 e. The Morgan fingerprint density at radius 2 is 1.74 bits per heavy atom. The first-order valence-electron chi connectivity index (χ1n) is 6.90. The Balaban J connectivity index is 1.72. The molecule has 2 heterocycles. The molecule has 0 unspecified atom stereocenters. The van der Waals surface area contributed by atoms with Gasteiger partial charge in [-0.15, -0.1) is 0 Å². The summed E-state index contributed by atoms with van der Waals surface area (Å²) < 4.78 is 10.5. The number of nitrogens with zero attached hydrogens (tertiary/aromatic N) is 1. The summed E-state index contributed by atoms with van der Waals surface area (Å²) >= 11 is 0. The van der Waals surface area contributed by atoms with Gasteiger partial charge in [-0.1, -0.05) is 12.1 Å². The third-order valence-electron chi connectivity index (χ3n) is 3.88. The van der Waals surface area contributed by atoms with Crippen molar-refractivity contribution in [2.75, 3.05) is 37.9 Å². The average Bonchev–Trinajstić information content (AvgIpc) is 2.49. The maximum Gasteiger partial charge on any atom is 0.253 e. The first-order valence-corrected chi connectivity index (χ1v) is 6.90. The van der Waals surface area contributed by atoms with Crippen LogP contribution in [0.2, 0.25) is 0 Å². The Morgan fingerprint density at radius 3 is 2.42 bits per heavy atom. The van der Waals surface area contributed by atoms with Crippen molar-refractivity contribution < 1.29 is 14.3 Å². The molecule has 2 aliphatic heterocycles. The second-order valence-corrected chi connectivity index (χ2v) is 5.08. The molecule has 0 saturated carbocycles. The zero-order valence-corrected chi connectivity index (χ0v) is 11.0. The summed E-state index contributed by atoms with van der Waals surface area (Å²) in [4.78, 5) is 13.6. The van der Waals surface area contributed by atoms with Crippen LogP contribution in [0, 0.1) is 0 Å². The summed E-state index contributed by atoms with van der Waals surface area (Å²) in [6.07, 6.45) is 2.19. The lowest BCUT2D eigenvalue weighted by atomic mass is 9.91. The van der Waals surface area contributed by atoms with Gasteiger partial charge < -0.3 is 14.4 Å². The molecule has 0 aromatic heterocycles. The fourth-order valence-electron chi connectivity index (χ4n) is 2.75. The predicted molar refractivity (Wildman–Crippen MR) is 72.4 cm³/mol. The predicted octanol–water partition coefficient (Wildman–Crippen LogP) is 1.94. The van der Waals surface area contributed by atoms with E-state index in [0.717, 1.165) is 31.7 Å². The monoisotopic (exact) mass is 261 g/mol. The molecule has 102 valence electrons. The highest BCUT2D eigenvalue weighted by Crippen LogP contribution is 2.28. The van der Waals surface area contributed by atoms with E-state index in [4.69, 9.17) is 9.47 Å². The first-order chi connectivity index (χ1) is 9.34. The summed E-state index contributed by atoms with van der Waals surface area (Å²) in [7, 11) is 0. The number of ether oxygens (including phenoxy) is 2. The van der Waals surface area contributed by atoms with Gasteiger partial charge in [-0.3, -0.25) is 4.79 Å². The van der Waals surface area contributed by atoms with Crippen molar-refractivity contribution in [3.8, 4) is 0 Å². The highest BCUT2D eigenvalue weighted by molar-refractivity contribution is 5.94. The molecule has 19 heavy (non-hydrogen) atoms. The summed E-state index contributed by atoms with van der Waals surface area (Å²) in [6, 6.07) is 8.39. The number of benzene rings is 1. The van der Waals surface area contributed by atoms with Crippen molar-refractivity contribution in [2.45, 2.75) is 18.8 Å². The van der Waals surface area contributed by atoms with E-state index in [0.29, 0.717) is 19.1 Å². The van der Waals surface area contributed by atoms with Crippen LogP contribution >= 0.6 is 0 Å². The fraction of sp³-hybridized carbons (Fsp3) is 0.533. The van der Waals surface area contributed by atoms with Crippen molar-refractivity contribution in [2.24, 2.45) is 0 Å². The van der Waals surface area contributed by atoms with E-state index in [9.17, 15) is 4.79 Å². The van der Waals surface area contributed by atoms with Crippen molar-refractivity contribution >= 4 is 11.6 Å². The molecule has 0 spiro atoms. The van der Waals surface area contributed by atoms with Gasteiger partial charge >= 0.3 is 0 Å². The summed E-state index contributed by atoms with van der Waals surface area (Å²) in [5.74, 6) is 0.647. The number of hydrogen-bond donors (Lipinski definition) is 0. The Labute approximate surface area is 113 Å². The van der Waals surface area contributed by atoms with Crippen molar-refractivity contribution in [1.29, 1.82) is 0 Å². The van der Waals surface area contributed by atoms with Gasteiger partial charge in [0.05, 0.1) is 6.61 Å². The number of anilines is 1. The van der Waals surface area contributed by atoms with Crippen LogP contribution < -0.4 is 4.90 Å². The highest BCUT2D eigenvalue weighted by atomic mass is 16.5. The lowest BCUT2D eigenvalue weighted by molar-refractivity contribution is -0.125. The summed E-state index contributed by atoms with van der Waals surface area (Å²) in [6.45, 7) is 3.17. The highest BCUT2D eigenvalue weighted by Gasteiger charge is 2.21. The molecule has 4 heteroatoms. The molecule has 0 radical (unpaired) electrons. The van der Waals surface area contributed by atoms with Gasteiger partial charge in [0, 0.05) is 25.4 Å². The van der Waals surface area contributed by atoms with Crippen LogP contribution in [0.3, 0.4) is 0 Å². The zero-order valence-electron chi connectivity index (χ0n) is 11.0. The first kappa shape index (κ1) is 12.6. The number of amides is 1. The minimum Gasteiger partial charge on any atom is -0.381 e. The van der Waals surface area contributed by atoms with Crippen LogP contribution in [0.15, 0.2) is 24.3 Å². The molecule has 2 saturated heterocycles. The fourth-order valence-corrected chi connectivity index (χ4v) is 2.75. The van der Waals surface area contributed by atoms with Gasteiger partial charge in [0.25, 0.3) is 5.91 Å². The molecule has 3 rings (SSSR count). The van der Waals surface area contributed by atoms with Crippen LogP contribution in [0.25, 0.3) is 0 Å². The minimum atomic E-state index is 0.0464. The SMILES string of the molecule is O=C1COCCN1c1ccc(C2CCOCC2)cc1. The third-order valence-corrected chi connectivity index (χ3v) is 3.88. The zero-order chi connectivity index (χ0) is 13.1. The molecule has 1 aromatic carbocycles. The van der Waals surface area contributed by atoms with Crippen LogP contribution in [0.5, 0.6) is 0 Å². The topological polar surface area (TPSA) is 38.8 Å². The summed E-state index contributed by atoms with van der Waals surface area (Å²) in [5.41, 5.74) is 2.33. The van der Waals surface area contributed by atoms with Crippen LogP contribution in [0.1, 0.15) is 24.3 Å². The largest absolute Gasteiger partial charge is 0.381 e.